The first-order valence-electron chi connectivity index (χ1n) is 7.01. The van der Waals surface area contributed by atoms with Gasteiger partial charge in [0.1, 0.15) is 5.01 Å². The smallest absolute Gasteiger partial charge is 0.205 e. The van der Waals surface area contributed by atoms with E-state index in [-0.39, 0.29) is 0 Å². The first-order valence-corrected chi connectivity index (χ1v) is 7.82. The Morgan fingerprint density at radius 3 is 3.00 bits per heavy atom. The summed E-state index contributed by atoms with van der Waals surface area (Å²) >= 11 is 1.69. The summed E-state index contributed by atoms with van der Waals surface area (Å²) in [6.07, 6.45) is 3.79. The van der Waals surface area contributed by atoms with Crippen molar-refractivity contribution in [2.45, 2.75) is 52.6 Å². The number of hydrogen-bond donors (Lipinski definition) is 1. The molecule has 1 aromatic heterocycles. The molecule has 2 atom stereocenters. The van der Waals surface area contributed by atoms with Gasteiger partial charge in [-0.2, -0.15) is 0 Å². The standard InChI is InChI=1S/C13H24N4S/c1-4-7-14-13-16-15-12(18-13)9-17-8-5-6-10(2)11(17)3/h10-11H,4-9H2,1-3H3,(H,14,16). The number of anilines is 1. The summed E-state index contributed by atoms with van der Waals surface area (Å²) in [5.41, 5.74) is 0. The minimum Gasteiger partial charge on any atom is -0.360 e. The largest absolute Gasteiger partial charge is 0.360 e. The maximum atomic E-state index is 4.29. The highest BCUT2D eigenvalue weighted by Crippen LogP contribution is 2.25. The Bertz CT molecular complexity index is 366. The molecule has 2 rings (SSSR count). The third-order valence-electron chi connectivity index (χ3n) is 3.84. The van der Waals surface area contributed by atoms with Gasteiger partial charge >= 0.3 is 0 Å². The van der Waals surface area contributed by atoms with Crippen LogP contribution in [0.25, 0.3) is 0 Å². The summed E-state index contributed by atoms with van der Waals surface area (Å²) in [5.74, 6) is 0.796. The molecule has 0 bridgehead atoms. The van der Waals surface area contributed by atoms with Gasteiger partial charge in [-0.25, -0.2) is 0 Å². The molecular weight excluding hydrogens is 244 g/mol. The Morgan fingerprint density at radius 2 is 2.22 bits per heavy atom. The third kappa shape index (κ3) is 3.42. The zero-order valence-electron chi connectivity index (χ0n) is 11.6. The molecule has 0 saturated carbocycles. The van der Waals surface area contributed by atoms with Crippen LogP contribution in [0.2, 0.25) is 0 Å². The van der Waals surface area contributed by atoms with Crippen LogP contribution in [-0.2, 0) is 6.54 Å². The van der Waals surface area contributed by atoms with Crippen molar-refractivity contribution in [1.82, 2.24) is 15.1 Å². The molecule has 2 unspecified atom stereocenters. The molecule has 0 spiro atoms. The van der Waals surface area contributed by atoms with Crippen LogP contribution in [0.3, 0.4) is 0 Å². The molecule has 1 saturated heterocycles. The summed E-state index contributed by atoms with van der Waals surface area (Å²) in [7, 11) is 0. The number of nitrogens with zero attached hydrogens (tertiary/aromatic N) is 3. The number of rotatable bonds is 5. The lowest BCUT2D eigenvalue weighted by molar-refractivity contribution is 0.106. The van der Waals surface area contributed by atoms with Crippen LogP contribution in [0.4, 0.5) is 5.13 Å². The van der Waals surface area contributed by atoms with Crippen molar-refractivity contribution in [2.24, 2.45) is 5.92 Å². The fourth-order valence-electron chi connectivity index (χ4n) is 2.44. The van der Waals surface area contributed by atoms with E-state index in [1.54, 1.807) is 11.3 Å². The molecule has 0 amide bonds. The van der Waals surface area contributed by atoms with Crippen LogP contribution in [0.5, 0.6) is 0 Å². The van der Waals surface area contributed by atoms with Crippen molar-refractivity contribution >= 4 is 16.5 Å². The lowest BCUT2D eigenvalue weighted by atomic mass is 9.92. The fraction of sp³-hybridized carbons (Fsp3) is 0.846. The lowest BCUT2D eigenvalue weighted by Crippen LogP contribution is -2.41. The highest BCUT2D eigenvalue weighted by Gasteiger charge is 2.25. The van der Waals surface area contributed by atoms with Crippen molar-refractivity contribution in [3.8, 4) is 0 Å². The molecule has 4 nitrogen and oxygen atoms in total. The van der Waals surface area contributed by atoms with Crippen molar-refractivity contribution in [1.29, 1.82) is 0 Å². The van der Waals surface area contributed by atoms with E-state index in [0.29, 0.717) is 6.04 Å². The van der Waals surface area contributed by atoms with E-state index in [9.17, 15) is 0 Å². The van der Waals surface area contributed by atoms with Gasteiger partial charge in [0.15, 0.2) is 0 Å². The molecule has 5 heteroatoms. The second-order valence-electron chi connectivity index (χ2n) is 5.26. The highest BCUT2D eigenvalue weighted by molar-refractivity contribution is 7.15. The van der Waals surface area contributed by atoms with Crippen LogP contribution in [0, 0.1) is 5.92 Å². The van der Waals surface area contributed by atoms with E-state index in [1.807, 2.05) is 0 Å². The van der Waals surface area contributed by atoms with Crippen LogP contribution < -0.4 is 5.32 Å². The molecule has 102 valence electrons. The Morgan fingerprint density at radius 1 is 1.39 bits per heavy atom. The van der Waals surface area contributed by atoms with Crippen molar-refractivity contribution in [3.05, 3.63) is 5.01 Å². The number of aromatic nitrogens is 2. The predicted molar refractivity (Wildman–Crippen MR) is 77.0 cm³/mol. The van der Waals surface area contributed by atoms with Crippen LogP contribution >= 0.6 is 11.3 Å². The van der Waals surface area contributed by atoms with Gasteiger partial charge < -0.3 is 5.32 Å². The Labute approximate surface area is 114 Å². The van der Waals surface area contributed by atoms with Gasteiger partial charge in [0.05, 0.1) is 6.54 Å². The minimum atomic E-state index is 0.662. The molecule has 2 heterocycles. The SMILES string of the molecule is CCCNc1nnc(CN2CCCC(C)C2C)s1. The maximum absolute atomic E-state index is 4.29. The van der Waals surface area contributed by atoms with Crippen molar-refractivity contribution < 1.29 is 0 Å². The topological polar surface area (TPSA) is 41.1 Å². The number of piperidine rings is 1. The first kappa shape index (κ1) is 13.7. The van der Waals surface area contributed by atoms with Gasteiger partial charge in [0.2, 0.25) is 5.13 Å². The monoisotopic (exact) mass is 268 g/mol. The second-order valence-corrected chi connectivity index (χ2v) is 6.32. The number of hydrogen-bond acceptors (Lipinski definition) is 5. The van der Waals surface area contributed by atoms with Gasteiger partial charge in [-0.05, 0) is 38.6 Å². The third-order valence-corrected chi connectivity index (χ3v) is 4.70. The zero-order valence-corrected chi connectivity index (χ0v) is 12.5. The second kappa shape index (κ2) is 6.48. The van der Waals surface area contributed by atoms with Crippen LogP contribution in [0.15, 0.2) is 0 Å². The van der Waals surface area contributed by atoms with Gasteiger partial charge in [-0.3, -0.25) is 4.90 Å². The number of likely N-dealkylation sites (tertiary alicyclic amines) is 1. The Balaban J connectivity index is 1.90. The molecule has 1 aliphatic heterocycles. The van der Waals surface area contributed by atoms with Crippen LogP contribution in [-0.4, -0.2) is 34.2 Å². The van der Waals surface area contributed by atoms with E-state index >= 15 is 0 Å². The number of nitrogens with one attached hydrogen (secondary N) is 1. The fourth-order valence-corrected chi connectivity index (χ4v) is 3.23. The van der Waals surface area contributed by atoms with Crippen LogP contribution in [0.1, 0.15) is 45.0 Å². The molecule has 0 radical (unpaired) electrons. The van der Waals surface area contributed by atoms with Crippen molar-refractivity contribution in [2.75, 3.05) is 18.4 Å². The van der Waals surface area contributed by atoms with E-state index < -0.39 is 0 Å². The summed E-state index contributed by atoms with van der Waals surface area (Å²) in [5, 5.41) is 13.9. The molecular formula is C13H24N4S. The van der Waals surface area contributed by atoms with Gasteiger partial charge in [-0.15, -0.1) is 10.2 Å². The predicted octanol–water partition coefficient (Wildman–Crippen LogP) is 2.98. The maximum Gasteiger partial charge on any atom is 0.205 e. The summed E-state index contributed by atoms with van der Waals surface area (Å²) in [6.45, 7) is 9.98. The van der Waals surface area contributed by atoms with E-state index in [0.717, 1.165) is 35.6 Å². The molecule has 0 aromatic carbocycles. The van der Waals surface area contributed by atoms with Gasteiger partial charge in [0.25, 0.3) is 0 Å². The molecule has 18 heavy (non-hydrogen) atoms. The van der Waals surface area contributed by atoms with Gasteiger partial charge in [-0.1, -0.05) is 25.2 Å². The van der Waals surface area contributed by atoms with Crippen molar-refractivity contribution in [3.63, 3.8) is 0 Å². The average molecular weight is 268 g/mol. The normalized spacial score (nSPS) is 25.3. The molecule has 0 aliphatic carbocycles. The Kier molecular flexibility index (Phi) is 4.95. The molecule has 1 aromatic rings. The quantitative estimate of drug-likeness (QED) is 0.891. The average Bonchev–Trinajstić information content (AvgIpc) is 2.80. The van der Waals surface area contributed by atoms with E-state index in [1.165, 1.54) is 19.4 Å². The molecule has 1 fully saturated rings. The Hall–Kier alpha value is -0.680. The lowest BCUT2D eigenvalue weighted by Gasteiger charge is -2.37. The minimum absolute atomic E-state index is 0.662. The van der Waals surface area contributed by atoms with E-state index in [4.69, 9.17) is 0 Å². The molecule has 1 aliphatic rings. The highest BCUT2D eigenvalue weighted by atomic mass is 32.1. The summed E-state index contributed by atoms with van der Waals surface area (Å²) in [6, 6.07) is 0.662. The zero-order chi connectivity index (χ0) is 13.0. The summed E-state index contributed by atoms with van der Waals surface area (Å²) < 4.78 is 0. The molecule has 1 N–H and O–H groups in total. The summed E-state index contributed by atoms with van der Waals surface area (Å²) in [4.78, 5) is 2.54. The first-order chi connectivity index (χ1) is 8.70. The van der Waals surface area contributed by atoms with E-state index in [2.05, 4.69) is 41.2 Å². The van der Waals surface area contributed by atoms with Gasteiger partial charge in [0, 0.05) is 12.6 Å².